The van der Waals surface area contributed by atoms with E-state index in [4.69, 9.17) is 16.3 Å². The lowest BCUT2D eigenvalue weighted by molar-refractivity contribution is -0.119. The van der Waals surface area contributed by atoms with Crippen LogP contribution in [0.3, 0.4) is 0 Å². The smallest absolute Gasteiger partial charge is 0.338 e. The molecule has 0 fully saturated rings. The lowest BCUT2D eigenvalue weighted by Crippen LogP contribution is -2.26. The number of carbonyl (C=O) groups excluding carboxylic acids is 2. The fraction of sp³-hybridized carbons (Fsp3) is 0.0909. The van der Waals surface area contributed by atoms with Gasteiger partial charge in [-0.2, -0.15) is 0 Å². The molecule has 0 saturated carbocycles. The number of ether oxygens (including phenoxy) is 1. The third-order valence-electron chi connectivity index (χ3n) is 4.38. The van der Waals surface area contributed by atoms with Crippen LogP contribution in [0, 0.1) is 5.82 Å². The first-order valence-corrected chi connectivity index (χ1v) is 11.1. The minimum atomic E-state index is -3.94. The predicted molar refractivity (Wildman–Crippen MR) is 119 cm³/mol. The minimum absolute atomic E-state index is 0.0609. The number of halogens is 2. The molecule has 0 aliphatic carbocycles. The van der Waals surface area contributed by atoms with Crippen molar-refractivity contribution >= 4 is 44.9 Å². The van der Waals surface area contributed by atoms with Gasteiger partial charge in [-0.05, 0) is 48.5 Å². The maximum absolute atomic E-state index is 13.7. The third kappa shape index (κ3) is 5.43. The zero-order valence-corrected chi connectivity index (χ0v) is 18.4. The molecule has 1 N–H and O–H groups in total. The SMILES string of the molecule is CN(c1ccccc1)S(=O)(=O)c1cccc(C(=O)OCC(=O)Nc2cc(Cl)ccc2F)c1. The average Bonchev–Trinajstić information content (AvgIpc) is 2.80. The molecule has 0 unspecified atom stereocenters. The van der Waals surface area contributed by atoms with Gasteiger partial charge in [0.25, 0.3) is 15.9 Å². The molecule has 1 amide bonds. The Hall–Kier alpha value is -3.43. The molecule has 3 aromatic rings. The Kier molecular flexibility index (Phi) is 7.12. The van der Waals surface area contributed by atoms with Crippen LogP contribution in [0.15, 0.2) is 77.7 Å². The molecule has 3 aromatic carbocycles. The van der Waals surface area contributed by atoms with E-state index >= 15 is 0 Å². The molecule has 0 aliphatic rings. The summed E-state index contributed by atoms with van der Waals surface area (Å²) < 4.78 is 45.5. The summed E-state index contributed by atoms with van der Waals surface area (Å²) in [6, 6.07) is 17.3. The Morgan fingerprint density at radius 3 is 2.47 bits per heavy atom. The lowest BCUT2D eigenvalue weighted by atomic mass is 10.2. The summed E-state index contributed by atoms with van der Waals surface area (Å²) in [5.74, 6) is -2.40. The van der Waals surface area contributed by atoms with Crippen LogP contribution >= 0.6 is 11.6 Å². The van der Waals surface area contributed by atoms with Crippen molar-refractivity contribution in [2.45, 2.75) is 4.90 Å². The largest absolute Gasteiger partial charge is 0.452 e. The monoisotopic (exact) mass is 476 g/mol. The first kappa shape index (κ1) is 23.2. The van der Waals surface area contributed by atoms with Crippen molar-refractivity contribution in [3.63, 3.8) is 0 Å². The van der Waals surface area contributed by atoms with Crippen molar-refractivity contribution in [3.8, 4) is 0 Å². The van der Waals surface area contributed by atoms with Crippen LogP contribution in [0.5, 0.6) is 0 Å². The van der Waals surface area contributed by atoms with Crippen LogP contribution in [0.1, 0.15) is 10.4 Å². The lowest BCUT2D eigenvalue weighted by Gasteiger charge is -2.19. The van der Waals surface area contributed by atoms with Gasteiger partial charge in [-0.25, -0.2) is 17.6 Å². The quantitative estimate of drug-likeness (QED) is 0.518. The summed E-state index contributed by atoms with van der Waals surface area (Å²) in [7, 11) is -2.54. The second-order valence-electron chi connectivity index (χ2n) is 6.58. The first-order valence-electron chi connectivity index (χ1n) is 9.24. The van der Waals surface area contributed by atoms with Crippen molar-refractivity contribution in [1.82, 2.24) is 0 Å². The Labute approximate surface area is 189 Å². The van der Waals surface area contributed by atoms with Crippen LogP contribution < -0.4 is 9.62 Å². The van der Waals surface area contributed by atoms with Crippen molar-refractivity contribution < 1.29 is 27.1 Å². The van der Waals surface area contributed by atoms with Crippen molar-refractivity contribution in [2.24, 2.45) is 0 Å². The van der Waals surface area contributed by atoms with Crippen LogP contribution in [0.25, 0.3) is 0 Å². The van der Waals surface area contributed by atoms with Crippen molar-refractivity contribution in [1.29, 1.82) is 0 Å². The summed E-state index contributed by atoms with van der Waals surface area (Å²) in [5, 5.41) is 2.47. The van der Waals surface area contributed by atoms with E-state index in [1.807, 2.05) is 0 Å². The van der Waals surface area contributed by atoms with E-state index in [-0.39, 0.29) is 21.2 Å². The van der Waals surface area contributed by atoms with E-state index in [1.165, 1.54) is 37.4 Å². The molecule has 166 valence electrons. The number of esters is 1. The van der Waals surface area contributed by atoms with Crippen LogP contribution in [0.2, 0.25) is 5.02 Å². The topological polar surface area (TPSA) is 92.8 Å². The zero-order valence-electron chi connectivity index (χ0n) is 16.8. The molecule has 0 bridgehead atoms. The number of anilines is 2. The van der Waals surface area contributed by atoms with Gasteiger partial charge in [0.05, 0.1) is 21.8 Å². The van der Waals surface area contributed by atoms with Gasteiger partial charge in [-0.1, -0.05) is 35.9 Å². The Bertz CT molecular complexity index is 1250. The molecular formula is C22H18ClFN2O5S. The zero-order chi connectivity index (χ0) is 23.3. The predicted octanol–water partition coefficient (Wildman–Crippen LogP) is 4.10. The average molecular weight is 477 g/mol. The number of nitrogens with one attached hydrogen (secondary N) is 1. The molecule has 7 nitrogen and oxygen atoms in total. The Morgan fingerprint density at radius 1 is 1.03 bits per heavy atom. The summed E-state index contributed by atoms with van der Waals surface area (Å²) in [5.41, 5.74) is 0.232. The Morgan fingerprint density at radius 2 is 1.75 bits per heavy atom. The number of hydrogen-bond acceptors (Lipinski definition) is 5. The second kappa shape index (κ2) is 9.80. The molecule has 3 rings (SSSR count). The second-order valence-corrected chi connectivity index (χ2v) is 8.99. The molecule has 0 radical (unpaired) electrons. The number of amides is 1. The molecule has 10 heteroatoms. The summed E-state index contributed by atoms with van der Waals surface area (Å²) in [4.78, 5) is 24.2. The van der Waals surface area contributed by atoms with Crippen LogP contribution in [-0.2, 0) is 19.6 Å². The standard InChI is InChI=1S/C22H18ClFN2O5S/c1-26(17-7-3-2-4-8-17)32(29,30)18-9-5-6-15(12-18)22(28)31-14-21(27)25-20-13-16(23)10-11-19(20)24/h2-13H,14H2,1H3,(H,25,27). The van der Waals surface area contributed by atoms with Gasteiger partial charge in [0.1, 0.15) is 5.82 Å². The minimum Gasteiger partial charge on any atom is -0.452 e. The van der Waals surface area contributed by atoms with Crippen molar-refractivity contribution in [2.75, 3.05) is 23.3 Å². The van der Waals surface area contributed by atoms with Gasteiger partial charge in [0.15, 0.2) is 6.61 Å². The Balaban J connectivity index is 1.68. The summed E-state index contributed by atoms with van der Waals surface area (Å²) in [6.07, 6.45) is 0. The van der Waals surface area contributed by atoms with Gasteiger partial charge in [0, 0.05) is 12.1 Å². The number of carbonyl (C=O) groups is 2. The van der Waals surface area contributed by atoms with E-state index in [9.17, 15) is 22.4 Å². The molecule has 0 atom stereocenters. The van der Waals surface area contributed by atoms with Gasteiger partial charge >= 0.3 is 5.97 Å². The number of benzene rings is 3. The highest BCUT2D eigenvalue weighted by atomic mass is 35.5. The maximum Gasteiger partial charge on any atom is 0.338 e. The number of hydrogen-bond donors (Lipinski definition) is 1. The molecule has 0 heterocycles. The summed E-state index contributed by atoms with van der Waals surface area (Å²) in [6.45, 7) is -0.703. The number of nitrogens with zero attached hydrogens (tertiary/aromatic N) is 1. The van der Waals surface area contributed by atoms with Crippen LogP contribution in [0.4, 0.5) is 15.8 Å². The molecule has 0 aromatic heterocycles. The molecule has 0 saturated heterocycles. The van der Waals surface area contributed by atoms with Gasteiger partial charge in [-0.3, -0.25) is 9.10 Å². The number of sulfonamides is 1. The molecule has 0 spiro atoms. The van der Waals surface area contributed by atoms with E-state index in [0.717, 1.165) is 16.4 Å². The fourth-order valence-electron chi connectivity index (χ4n) is 2.71. The number of para-hydroxylation sites is 1. The molecule has 32 heavy (non-hydrogen) atoms. The van der Waals surface area contributed by atoms with E-state index in [1.54, 1.807) is 30.3 Å². The maximum atomic E-state index is 13.7. The number of rotatable bonds is 7. The highest BCUT2D eigenvalue weighted by Crippen LogP contribution is 2.23. The van der Waals surface area contributed by atoms with E-state index in [2.05, 4.69) is 5.32 Å². The first-order chi connectivity index (χ1) is 15.2. The highest BCUT2D eigenvalue weighted by Gasteiger charge is 2.23. The van der Waals surface area contributed by atoms with E-state index < -0.39 is 34.3 Å². The van der Waals surface area contributed by atoms with Gasteiger partial charge < -0.3 is 10.1 Å². The van der Waals surface area contributed by atoms with Gasteiger partial charge in [0.2, 0.25) is 0 Å². The third-order valence-corrected chi connectivity index (χ3v) is 6.40. The molecule has 0 aliphatic heterocycles. The van der Waals surface area contributed by atoms with Crippen LogP contribution in [-0.4, -0.2) is 33.9 Å². The summed E-state index contributed by atoms with van der Waals surface area (Å²) >= 11 is 5.76. The normalized spacial score (nSPS) is 11.0. The van der Waals surface area contributed by atoms with E-state index in [0.29, 0.717) is 5.69 Å². The fourth-order valence-corrected chi connectivity index (χ4v) is 4.13. The van der Waals surface area contributed by atoms with Gasteiger partial charge in [-0.15, -0.1) is 0 Å². The molecular weight excluding hydrogens is 459 g/mol. The van der Waals surface area contributed by atoms with Crippen molar-refractivity contribution in [3.05, 3.63) is 89.2 Å². The highest BCUT2D eigenvalue weighted by molar-refractivity contribution is 7.92.